The van der Waals surface area contributed by atoms with E-state index in [0.717, 1.165) is 46.9 Å². The summed E-state index contributed by atoms with van der Waals surface area (Å²) in [7, 11) is 1.67. The molecule has 3 heterocycles. The molecular formula is C19H23N5O3. The Morgan fingerprint density at radius 2 is 2.07 bits per heavy atom. The van der Waals surface area contributed by atoms with Crippen molar-refractivity contribution in [1.29, 1.82) is 0 Å². The van der Waals surface area contributed by atoms with Crippen LogP contribution in [0.1, 0.15) is 6.92 Å². The van der Waals surface area contributed by atoms with Gasteiger partial charge in [-0.05, 0) is 25.1 Å². The number of methoxy groups -OCH3 is 1. The van der Waals surface area contributed by atoms with E-state index in [1.54, 1.807) is 13.4 Å². The fourth-order valence-corrected chi connectivity index (χ4v) is 3.20. The van der Waals surface area contributed by atoms with Crippen LogP contribution in [0.2, 0.25) is 0 Å². The van der Waals surface area contributed by atoms with Gasteiger partial charge in [0.2, 0.25) is 0 Å². The number of aromatic amines is 1. The Kier molecular flexibility index (Phi) is 5.17. The van der Waals surface area contributed by atoms with Gasteiger partial charge in [-0.15, -0.1) is 0 Å². The summed E-state index contributed by atoms with van der Waals surface area (Å²) < 4.78 is 16.5. The van der Waals surface area contributed by atoms with Gasteiger partial charge < -0.3 is 19.1 Å². The fraction of sp³-hybridized carbons (Fsp3) is 0.421. The van der Waals surface area contributed by atoms with Crippen molar-refractivity contribution in [2.75, 3.05) is 44.9 Å². The smallest absolute Gasteiger partial charge is 0.132 e. The number of H-pyrrole nitrogens is 1. The zero-order valence-electron chi connectivity index (χ0n) is 15.5. The van der Waals surface area contributed by atoms with Crippen LogP contribution in [0.25, 0.3) is 22.3 Å². The number of nitrogens with one attached hydrogen (secondary N) is 1. The molecule has 1 aromatic carbocycles. The lowest BCUT2D eigenvalue weighted by atomic mass is 10.1. The standard InChI is InChI=1S/C19H23N5O3/c1-13(11-25-2)27-14-3-4-16-15(9-14)19(23-22-16)17-10-18(21-12-20-17)24-5-7-26-8-6-24/h3-4,9-10,12-13H,5-8,11H2,1-2H3,(H,22,23)/t13-/m1/s1. The molecule has 0 aliphatic carbocycles. The van der Waals surface area contributed by atoms with Crippen molar-refractivity contribution in [2.24, 2.45) is 0 Å². The summed E-state index contributed by atoms with van der Waals surface area (Å²) in [5.41, 5.74) is 2.50. The topological polar surface area (TPSA) is 85.4 Å². The maximum atomic E-state index is 5.92. The number of benzene rings is 1. The molecule has 0 saturated carbocycles. The highest BCUT2D eigenvalue weighted by atomic mass is 16.5. The van der Waals surface area contributed by atoms with Crippen molar-refractivity contribution in [3.05, 3.63) is 30.6 Å². The Bertz CT molecular complexity index is 907. The number of aromatic nitrogens is 4. The zero-order chi connectivity index (χ0) is 18.6. The molecule has 1 N–H and O–H groups in total. The number of fused-ring (bicyclic) bond motifs is 1. The fourth-order valence-electron chi connectivity index (χ4n) is 3.20. The van der Waals surface area contributed by atoms with Gasteiger partial charge in [0, 0.05) is 31.7 Å². The Hall–Kier alpha value is -2.71. The first-order chi connectivity index (χ1) is 13.2. The molecule has 0 bridgehead atoms. The second-order valence-electron chi connectivity index (χ2n) is 6.52. The lowest BCUT2D eigenvalue weighted by Crippen LogP contribution is -2.36. The molecule has 1 saturated heterocycles. The summed E-state index contributed by atoms with van der Waals surface area (Å²) in [5, 5.41) is 8.50. The molecule has 8 nitrogen and oxygen atoms in total. The Labute approximate surface area is 157 Å². The first-order valence-corrected chi connectivity index (χ1v) is 9.03. The summed E-state index contributed by atoms with van der Waals surface area (Å²) in [4.78, 5) is 11.0. The molecule has 27 heavy (non-hydrogen) atoms. The molecule has 1 aliphatic rings. The lowest BCUT2D eigenvalue weighted by Gasteiger charge is -2.27. The van der Waals surface area contributed by atoms with Crippen LogP contribution in [0.3, 0.4) is 0 Å². The summed E-state index contributed by atoms with van der Waals surface area (Å²) >= 11 is 0. The molecule has 0 spiro atoms. The Morgan fingerprint density at radius 3 is 2.89 bits per heavy atom. The van der Waals surface area contributed by atoms with Crippen molar-refractivity contribution >= 4 is 16.7 Å². The van der Waals surface area contributed by atoms with Crippen LogP contribution in [-0.2, 0) is 9.47 Å². The van der Waals surface area contributed by atoms with E-state index in [1.165, 1.54) is 0 Å². The van der Waals surface area contributed by atoms with E-state index >= 15 is 0 Å². The van der Waals surface area contributed by atoms with Crippen molar-refractivity contribution in [3.8, 4) is 17.1 Å². The molecule has 4 rings (SSSR count). The minimum Gasteiger partial charge on any atom is -0.488 e. The molecule has 1 atom stereocenters. The number of hydrogen-bond acceptors (Lipinski definition) is 7. The molecular weight excluding hydrogens is 346 g/mol. The number of nitrogens with zero attached hydrogens (tertiary/aromatic N) is 4. The molecule has 0 unspecified atom stereocenters. The SMILES string of the molecule is COC[C@@H](C)Oc1ccc2[nH]nc(-c3cc(N4CCOCC4)ncn3)c2c1. The van der Waals surface area contributed by atoms with E-state index in [0.29, 0.717) is 19.8 Å². The van der Waals surface area contributed by atoms with Crippen molar-refractivity contribution < 1.29 is 14.2 Å². The van der Waals surface area contributed by atoms with Gasteiger partial charge in [-0.2, -0.15) is 5.10 Å². The van der Waals surface area contributed by atoms with Gasteiger partial charge in [0.15, 0.2) is 0 Å². The minimum absolute atomic E-state index is 0.0326. The van der Waals surface area contributed by atoms with Gasteiger partial charge in [-0.25, -0.2) is 9.97 Å². The lowest BCUT2D eigenvalue weighted by molar-refractivity contribution is 0.0922. The number of anilines is 1. The summed E-state index contributed by atoms with van der Waals surface area (Å²) in [5.74, 6) is 1.66. The number of hydrogen-bond donors (Lipinski definition) is 1. The molecule has 142 valence electrons. The highest BCUT2D eigenvalue weighted by molar-refractivity contribution is 5.93. The van der Waals surface area contributed by atoms with Gasteiger partial charge in [0.1, 0.15) is 29.7 Å². The van der Waals surface area contributed by atoms with E-state index < -0.39 is 0 Å². The zero-order valence-corrected chi connectivity index (χ0v) is 15.5. The minimum atomic E-state index is -0.0326. The van der Waals surface area contributed by atoms with Gasteiger partial charge >= 0.3 is 0 Å². The van der Waals surface area contributed by atoms with Crippen molar-refractivity contribution in [3.63, 3.8) is 0 Å². The van der Waals surface area contributed by atoms with Crippen molar-refractivity contribution in [2.45, 2.75) is 13.0 Å². The highest BCUT2D eigenvalue weighted by Gasteiger charge is 2.16. The third kappa shape index (κ3) is 3.86. The molecule has 2 aromatic heterocycles. The van der Waals surface area contributed by atoms with E-state index in [1.807, 2.05) is 31.2 Å². The molecule has 0 radical (unpaired) electrons. The molecule has 3 aromatic rings. The molecule has 1 aliphatic heterocycles. The predicted molar refractivity (Wildman–Crippen MR) is 102 cm³/mol. The molecule has 8 heteroatoms. The Balaban J connectivity index is 1.65. The van der Waals surface area contributed by atoms with Crippen LogP contribution >= 0.6 is 0 Å². The van der Waals surface area contributed by atoms with Crippen LogP contribution < -0.4 is 9.64 Å². The second-order valence-corrected chi connectivity index (χ2v) is 6.52. The van der Waals surface area contributed by atoms with E-state index in [2.05, 4.69) is 25.1 Å². The largest absolute Gasteiger partial charge is 0.488 e. The third-order valence-electron chi connectivity index (χ3n) is 4.50. The Morgan fingerprint density at radius 1 is 1.22 bits per heavy atom. The first kappa shape index (κ1) is 17.7. The van der Waals surface area contributed by atoms with Gasteiger partial charge in [0.05, 0.1) is 31.0 Å². The summed E-state index contributed by atoms with van der Waals surface area (Å²) in [6, 6.07) is 7.85. The molecule has 0 amide bonds. The monoisotopic (exact) mass is 369 g/mol. The van der Waals surface area contributed by atoms with Crippen LogP contribution in [0.5, 0.6) is 5.75 Å². The average molecular weight is 369 g/mol. The van der Waals surface area contributed by atoms with Gasteiger partial charge in [0.25, 0.3) is 0 Å². The summed E-state index contributed by atoms with van der Waals surface area (Å²) in [6.45, 7) is 5.59. The number of ether oxygens (including phenoxy) is 3. The summed E-state index contributed by atoms with van der Waals surface area (Å²) in [6.07, 6.45) is 1.55. The van der Waals surface area contributed by atoms with Gasteiger partial charge in [-0.3, -0.25) is 5.10 Å². The van der Waals surface area contributed by atoms with Gasteiger partial charge in [-0.1, -0.05) is 0 Å². The number of rotatable bonds is 6. The average Bonchev–Trinajstić information content (AvgIpc) is 3.12. The second kappa shape index (κ2) is 7.89. The number of morpholine rings is 1. The molecule has 1 fully saturated rings. The normalized spacial score (nSPS) is 15.9. The predicted octanol–water partition coefficient (Wildman–Crippen LogP) is 2.27. The van der Waals surface area contributed by atoms with E-state index in [-0.39, 0.29) is 6.10 Å². The van der Waals surface area contributed by atoms with Crippen LogP contribution in [0.4, 0.5) is 5.82 Å². The maximum absolute atomic E-state index is 5.92. The highest BCUT2D eigenvalue weighted by Crippen LogP contribution is 2.29. The van der Waals surface area contributed by atoms with Crippen LogP contribution in [0, 0.1) is 0 Å². The van der Waals surface area contributed by atoms with E-state index in [9.17, 15) is 0 Å². The third-order valence-corrected chi connectivity index (χ3v) is 4.50. The van der Waals surface area contributed by atoms with E-state index in [4.69, 9.17) is 14.2 Å². The van der Waals surface area contributed by atoms with Crippen LogP contribution in [0.15, 0.2) is 30.6 Å². The van der Waals surface area contributed by atoms with Crippen LogP contribution in [-0.4, -0.2) is 66.3 Å². The quantitative estimate of drug-likeness (QED) is 0.713. The van der Waals surface area contributed by atoms with Crippen molar-refractivity contribution in [1.82, 2.24) is 20.2 Å². The maximum Gasteiger partial charge on any atom is 0.132 e. The first-order valence-electron chi connectivity index (χ1n) is 9.03.